The van der Waals surface area contributed by atoms with Crippen molar-refractivity contribution in [2.75, 3.05) is 16.9 Å². The smallest absolute Gasteiger partial charge is 0.310 e. The number of anilines is 1. The molecule has 2 aliphatic rings. The van der Waals surface area contributed by atoms with Crippen LogP contribution in [-0.4, -0.2) is 64.2 Å². The molecule has 4 unspecified atom stereocenters. The van der Waals surface area contributed by atoms with Crippen LogP contribution < -0.4 is 16.4 Å². The molecule has 4 N–H and O–H groups in total. The molecule has 2 fully saturated rings. The van der Waals surface area contributed by atoms with E-state index in [1.54, 1.807) is 0 Å². The van der Waals surface area contributed by atoms with Crippen LogP contribution in [0.2, 0.25) is 5.02 Å². The van der Waals surface area contributed by atoms with E-state index >= 15 is 0 Å². The lowest BCUT2D eigenvalue weighted by atomic mass is 9.85. The van der Waals surface area contributed by atoms with E-state index in [-0.39, 0.29) is 28.8 Å². The fourth-order valence-electron chi connectivity index (χ4n) is 4.15. The number of hydrogen-bond acceptors (Lipinski definition) is 7. The second-order valence-corrected chi connectivity index (χ2v) is 10.7. The molecule has 2 heterocycles. The van der Waals surface area contributed by atoms with Crippen LogP contribution in [0.5, 0.6) is 0 Å². The topological polar surface area (TPSA) is 140 Å². The minimum absolute atomic E-state index is 0.00145. The lowest BCUT2D eigenvalue weighted by Gasteiger charge is -2.35. The van der Waals surface area contributed by atoms with Crippen molar-refractivity contribution in [2.24, 2.45) is 5.41 Å². The van der Waals surface area contributed by atoms with Crippen molar-refractivity contribution in [2.45, 2.75) is 64.4 Å². The Morgan fingerprint density at radius 1 is 1.34 bits per heavy atom. The summed E-state index contributed by atoms with van der Waals surface area (Å²) in [5, 5.41) is 5.86. The maximum Gasteiger partial charge on any atom is 0.310 e. The molecule has 12 heteroatoms. The van der Waals surface area contributed by atoms with Crippen LogP contribution in [0.25, 0.3) is 0 Å². The molecule has 192 valence electrons. The first-order valence-corrected chi connectivity index (χ1v) is 13.2. The first kappa shape index (κ1) is 27.5. The summed E-state index contributed by atoms with van der Waals surface area (Å²) >= 11 is 8.03. The quantitative estimate of drug-likeness (QED) is 0.184. The first-order valence-electron chi connectivity index (χ1n) is 11.3. The minimum atomic E-state index is -0.897. The predicted molar refractivity (Wildman–Crippen MR) is 138 cm³/mol. The summed E-state index contributed by atoms with van der Waals surface area (Å²) in [6, 6.07) is 2.25. The average Bonchev–Trinajstić information content (AvgIpc) is 3.39. The number of nitrogens with zero attached hydrogens (tertiary/aromatic N) is 1. The third-order valence-corrected chi connectivity index (χ3v) is 6.69. The molecule has 1 aromatic carbocycles. The van der Waals surface area contributed by atoms with Crippen LogP contribution in [-0.2, 0) is 23.9 Å². The summed E-state index contributed by atoms with van der Waals surface area (Å²) in [6.45, 7) is 5.89. The zero-order chi connectivity index (χ0) is 25.9. The molecular weight excluding hydrogens is 591 g/mol. The van der Waals surface area contributed by atoms with Gasteiger partial charge < -0.3 is 30.7 Å². The molecule has 0 saturated carbocycles. The maximum absolute atomic E-state index is 13.6. The summed E-state index contributed by atoms with van der Waals surface area (Å²) in [7, 11) is 0. The van der Waals surface area contributed by atoms with E-state index in [0.717, 1.165) is 0 Å². The fourth-order valence-corrected chi connectivity index (χ4v) is 4.68. The molecular formula is C23H30ClIN4O6. The molecule has 0 aliphatic carbocycles. The lowest BCUT2D eigenvalue weighted by Crippen LogP contribution is -2.58. The molecule has 0 aromatic heterocycles. The third kappa shape index (κ3) is 6.56. The highest BCUT2D eigenvalue weighted by Crippen LogP contribution is 2.27. The van der Waals surface area contributed by atoms with Crippen molar-refractivity contribution in [1.29, 1.82) is 0 Å². The van der Waals surface area contributed by atoms with Gasteiger partial charge in [0, 0.05) is 12.1 Å². The van der Waals surface area contributed by atoms with Gasteiger partial charge in [-0.1, -0.05) is 55.0 Å². The molecule has 2 aliphatic heterocycles. The summed E-state index contributed by atoms with van der Waals surface area (Å²) in [6.07, 6.45) is 0.242. The molecule has 10 nitrogen and oxygen atoms in total. The summed E-state index contributed by atoms with van der Waals surface area (Å²) < 4.78 is 10.8. The molecule has 3 rings (SSSR count). The van der Waals surface area contributed by atoms with E-state index in [1.807, 2.05) is 43.4 Å². The van der Waals surface area contributed by atoms with E-state index in [2.05, 4.69) is 10.6 Å². The van der Waals surface area contributed by atoms with Gasteiger partial charge in [0.05, 0.1) is 17.1 Å². The number of ether oxygens (including phenoxy) is 2. The molecule has 0 bridgehead atoms. The van der Waals surface area contributed by atoms with Crippen molar-refractivity contribution >= 4 is 63.6 Å². The lowest BCUT2D eigenvalue weighted by molar-refractivity contribution is -0.161. The van der Waals surface area contributed by atoms with Crippen molar-refractivity contribution in [3.05, 3.63) is 28.8 Å². The number of rotatable bonds is 7. The molecule has 35 heavy (non-hydrogen) atoms. The highest BCUT2D eigenvalue weighted by Gasteiger charge is 2.44. The zero-order valence-corrected chi connectivity index (χ0v) is 22.7. The number of likely N-dealkylation sites (tertiary alicyclic amines) is 1. The van der Waals surface area contributed by atoms with Gasteiger partial charge in [-0.25, -0.2) is 0 Å². The van der Waals surface area contributed by atoms with Gasteiger partial charge in [-0.2, -0.15) is 0 Å². The second-order valence-electron chi connectivity index (χ2n) is 9.65. The molecule has 4 atom stereocenters. The highest BCUT2D eigenvalue weighted by atomic mass is 127. The number of benzene rings is 1. The Hall–Kier alpha value is -2.12. The van der Waals surface area contributed by atoms with Crippen LogP contribution in [0.4, 0.5) is 5.69 Å². The van der Waals surface area contributed by atoms with E-state index in [9.17, 15) is 19.2 Å². The number of amides is 3. The van der Waals surface area contributed by atoms with Crippen molar-refractivity contribution in [3.63, 3.8) is 0 Å². The number of nitrogens with one attached hydrogen (secondary N) is 2. The number of nitrogens with two attached hydrogens (primary N) is 1. The van der Waals surface area contributed by atoms with Gasteiger partial charge in [0.2, 0.25) is 18.1 Å². The summed E-state index contributed by atoms with van der Waals surface area (Å²) in [5.41, 5.74) is 5.71. The summed E-state index contributed by atoms with van der Waals surface area (Å²) in [4.78, 5) is 52.9. The molecule has 1 aromatic rings. The van der Waals surface area contributed by atoms with Crippen molar-refractivity contribution < 1.29 is 28.7 Å². The van der Waals surface area contributed by atoms with Crippen LogP contribution in [0, 0.1) is 5.41 Å². The van der Waals surface area contributed by atoms with Crippen molar-refractivity contribution in [1.82, 2.24) is 15.5 Å². The third-order valence-electron chi connectivity index (χ3n) is 6.01. The SMILES string of the molecule is CC(C)(C)C(NC(=O)c1ccc(N)c(Cl)c1)C(=O)N1CCCC1C(=O)NC1CC(=O)OC1OCI. The van der Waals surface area contributed by atoms with Crippen LogP contribution in [0.3, 0.4) is 0 Å². The van der Waals surface area contributed by atoms with Gasteiger partial charge in [0.25, 0.3) is 5.91 Å². The number of cyclic esters (lactones) is 1. The Morgan fingerprint density at radius 3 is 2.69 bits per heavy atom. The van der Waals surface area contributed by atoms with Crippen LogP contribution in [0.15, 0.2) is 18.2 Å². The van der Waals surface area contributed by atoms with Gasteiger partial charge >= 0.3 is 5.97 Å². The molecule has 0 radical (unpaired) electrons. The van der Waals surface area contributed by atoms with E-state index in [4.69, 9.17) is 26.8 Å². The summed E-state index contributed by atoms with van der Waals surface area (Å²) in [5.74, 6) is -1.67. The number of hydrogen-bond donors (Lipinski definition) is 3. The zero-order valence-electron chi connectivity index (χ0n) is 19.8. The number of carbonyl (C=O) groups is 4. The average molecular weight is 621 g/mol. The molecule has 0 spiro atoms. The van der Waals surface area contributed by atoms with Gasteiger partial charge in [0.15, 0.2) is 0 Å². The van der Waals surface area contributed by atoms with Gasteiger partial charge in [-0.05, 0) is 36.5 Å². The van der Waals surface area contributed by atoms with E-state index in [0.29, 0.717) is 29.7 Å². The Bertz CT molecular complexity index is 1000. The van der Waals surface area contributed by atoms with E-state index < -0.39 is 41.7 Å². The number of carbonyl (C=O) groups excluding carboxylic acids is 4. The Kier molecular flexibility index (Phi) is 8.86. The Morgan fingerprint density at radius 2 is 2.06 bits per heavy atom. The number of nitrogen functional groups attached to an aromatic ring is 1. The maximum atomic E-state index is 13.6. The number of esters is 1. The van der Waals surface area contributed by atoms with E-state index in [1.165, 1.54) is 23.1 Å². The van der Waals surface area contributed by atoms with Crippen molar-refractivity contribution in [3.8, 4) is 0 Å². The van der Waals surface area contributed by atoms with Gasteiger partial charge in [-0.15, -0.1) is 0 Å². The fraction of sp³-hybridized carbons (Fsp3) is 0.565. The largest absolute Gasteiger partial charge is 0.433 e. The van der Waals surface area contributed by atoms with Gasteiger partial charge in [0.1, 0.15) is 22.7 Å². The van der Waals surface area contributed by atoms with Gasteiger partial charge in [-0.3, -0.25) is 19.2 Å². The standard InChI is InChI=1S/C23H30ClIN4O6/c1-23(2,3)18(28-19(31)12-6-7-14(26)13(24)9-12)21(33)29-8-4-5-16(29)20(32)27-15-10-17(30)35-22(15)34-11-25/h6-7,9,15-16,18,22H,4-5,8,10-11,26H2,1-3H3,(H,27,32)(H,28,31). The molecule has 2 saturated heterocycles. The minimum Gasteiger partial charge on any atom is -0.433 e. The Balaban J connectivity index is 1.74. The Labute approximate surface area is 222 Å². The number of halogens is 2. The van der Waals surface area contributed by atoms with Crippen LogP contribution >= 0.6 is 34.2 Å². The number of alkyl halides is 1. The highest BCUT2D eigenvalue weighted by molar-refractivity contribution is 14.1. The monoisotopic (exact) mass is 620 g/mol. The second kappa shape index (κ2) is 11.3. The molecule has 3 amide bonds. The first-order chi connectivity index (χ1) is 16.4. The predicted octanol–water partition coefficient (Wildman–Crippen LogP) is 2.22. The normalized spacial score (nSPS) is 23.1. The van der Waals surface area contributed by atoms with Crippen LogP contribution in [0.1, 0.15) is 50.4 Å².